The zero-order valence-electron chi connectivity index (χ0n) is 15.2. The molecule has 6 nitrogen and oxygen atoms in total. The summed E-state index contributed by atoms with van der Waals surface area (Å²) in [6, 6.07) is 14.1. The summed E-state index contributed by atoms with van der Waals surface area (Å²) in [5.41, 5.74) is 9.46. The van der Waals surface area contributed by atoms with E-state index in [-0.39, 0.29) is 5.91 Å². The molecule has 1 unspecified atom stereocenters. The molecule has 1 fully saturated rings. The van der Waals surface area contributed by atoms with Gasteiger partial charge in [0.2, 0.25) is 0 Å². The number of aromatic nitrogens is 2. The zero-order valence-corrected chi connectivity index (χ0v) is 15.2. The molecule has 3 aromatic rings. The van der Waals surface area contributed by atoms with Crippen molar-refractivity contribution in [3.05, 3.63) is 66.2 Å². The van der Waals surface area contributed by atoms with E-state index in [9.17, 15) is 4.79 Å². The number of carbonyl (C=O) groups is 1. The summed E-state index contributed by atoms with van der Waals surface area (Å²) in [4.78, 5) is 14.7. The van der Waals surface area contributed by atoms with Crippen LogP contribution in [0.4, 0.5) is 0 Å². The molecule has 2 aromatic heterocycles. The number of hydrogen-bond donors (Lipinski definition) is 2. The number of furan rings is 1. The first-order valence-electron chi connectivity index (χ1n) is 9.38. The highest BCUT2D eigenvalue weighted by atomic mass is 16.3. The molecule has 140 valence electrons. The Bertz CT molecular complexity index is 865. The first-order chi connectivity index (χ1) is 13.3. The second kappa shape index (κ2) is 7.80. The lowest BCUT2D eigenvalue weighted by Gasteiger charge is -2.35. The standard InChI is InChI=1S/C21H24N4O2/c22-13-18(15-4-2-1-3-5-15)16-6-9-25(10-7-16)21(26)20-12-19(23-24-20)17-8-11-27-14-17/h1-5,8,11-12,14,16,18H,6-7,9-10,13,22H2,(H,23,24). The largest absolute Gasteiger partial charge is 0.472 e. The second-order valence-corrected chi connectivity index (χ2v) is 7.06. The number of benzene rings is 1. The molecule has 1 aliphatic rings. The fraction of sp³-hybridized carbons (Fsp3) is 0.333. The first kappa shape index (κ1) is 17.5. The Labute approximate surface area is 158 Å². The van der Waals surface area contributed by atoms with Crippen LogP contribution < -0.4 is 5.73 Å². The summed E-state index contributed by atoms with van der Waals surface area (Å²) < 4.78 is 5.08. The van der Waals surface area contributed by atoms with Crippen molar-refractivity contribution in [2.75, 3.05) is 19.6 Å². The van der Waals surface area contributed by atoms with Gasteiger partial charge in [-0.15, -0.1) is 0 Å². The average molecular weight is 364 g/mol. The van der Waals surface area contributed by atoms with Crippen LogP contribution in [0.15, 0.2) is 59.4 Å². The number of hydrogen-bond acceptors (Lipinski definition) is 4. The van der Waals surface area contributed by atoms with E-state index in [4.69, 9.17) is 10.2 Å². The minimum Gasteiger partial charge on any atom is -0.472 e. The second-order valence-electron chi connectivity index (χ2n) is 7.06. The molecular formula is C21H24N4O2. The van der Waals surface area contributed by atoms with Crippen molar-refractivity contribution >= 4 is 5.91 Å². The van der Waals surface area contributed by atoms with Crippen LogP contribution in [0.3, 0.4) is 0 Å². The molecule has 3 heterocycles. The third-order valence-corrected chi connectivity index (χ3v) is 5.50. The molecule has 0 aliphatic carbocycles. The molecule has 27 heavy (non-hydrogen) atoms. The predicted octanol–water partition coefficient (Wildman–Crippen LogP) is 3.26. The normalized spacial score (nSPS) is 16.4. The van der Waals surface area contributed by atoms with Crippen molar-refractivity contribution in [2.45, 2.75) is 18.8 Å². The molecule has 3 N–H and O–H groups in total. The summed E-state index contributed by atoms with van der Waals surface area (Å²) in [7, 11) is 0. The highest BCUT2D eigenvalue weighted by molar-refractivity contribution is 5.93. The van der Waals surface area contributed by atoms with Gasteiger partial charge in [-0.3, -0.25) is 9.89 Å². The van der Waals surface area contributed by atoms with Gasteiger partial charge >= 0.3 is 0 Å². The van der Waals surface area contributed by atoms with E-state index in [1.807, 2.05) is 17.0 Å². The quantitative estimate of drug-likeness (QED) is 0.727. The molecule has 0 spiro atoms. The van der Waals surface area contributed by atoms with Crippen LogP contribution in [0.2, 0.25) is 0 Å². The summed E-state index contributed by atoms with van der Waals surface area (Å²) in [6.07, 6.45) is 5.14. The van der Waals surface area contributed by atoms with E-state index in [0.29, 0.717) is 29.8 Å². The van der Waals surface area contributed by atoms with Crippen LogP contribution in [0.5, 0.6) is 0 Å². The van der Waals surface area contributed by atoms with Gasteiger partial charge in [-0.1, -0.05) is 30.3 Å². The molecule has 1 atom stereocenters. The van der Waals surface area contributed by atoms with E-state index < -0.39 is 0 Å². The molecule has 1 aromatic carbocycles. The number of amides is 1. The van der Waals surface area contributed by atoms with E-state index >= 15 is 0 Å². The Hall–Kier alpha value is -2.86. The van der Waals surface area contributed by atoms with Crippen molar-refractivity contribution in [1.82, 2.24) is 15.1 Å². The molecule has 0 radical (unpaired) electrons. The molecule has 6 heteroatoms. The number of H-pyrrole nitrogens is 1. The van der Waals surface area contributed by atoms with Gasteiger partial charge in [0.05, 0.1) is 18.2 Å². The Morgan fingerprint density at radius 3 is 2.70 bits per heavy atom. The Morgan fingerprint density at radius 2 is 2.04 bits per heavy atom. The predicted molar refractivity (Wildman–Crippen MR) is 103 cm³/mol. The van der Waals surface area contributed by atoms with Gasteiger partial charge in [-0.25, -0.2) is 0 Å². The monoisotopic (exact) mass is 364 g/mol. The van der Waals surface area contributed by atoms with Crippen LogP contribution in [0.25, 0.3) is 11.3 Å². The molecule has 0 saturated carbocycles. The minimum atomic E-state index is -0.000274. The number of piperidine rings is 1. The van der Waals surface area contributed by atoms with Gasteiger partial charge in [0, 0.05) is 18.7 Å². The minimum absolute atomic E-state index is 0.000274. The SMILES string of the molecule is NCC(c1ccccc1)C1CCN(C(=O)c2cc(-c3ccoc3)n[nH]2)CC1. The van der Waals surface area contributed by atoms with Crippen molar-refractivity contribution < 1.29 is 9.21 Å². The molecule has 1 saturated heterocycles. The smallest absolute Gasteiger partial charge is 0.271 e. The van der Waals surface area contributed by atoms with Crippen LogP contribution in [0.1, 0.15) is 34.8 Å². The molecular weight excluding hydrogens is 340 g/mol. The van der Waals surface area contributed by atoms with Crippen molar-refractivity contribution in [3.8, 4) is 11.3 Å². The maximum atomic E-state index is 12.8. The summed E-state index contributed by atoms with van der Waals surface area (Å²) in [6.45, 7) is 2.12. The Kier molecular flexibility index (Phi) is 5.07. The van der Waals surface area contributed by atoms with Crippen LogP contribution in [-0.2, 0) is 0 Å². The fourth-order valence-corrected chi connectivity index (χ4v) is 3.97. The lowest BCUT2D eigenvalue weighted by Crippen LogP contribution is -2.40. The van der Waals surface area contributed by atoms with E-state index in [2.05, 4.69) is 34.5 Å². The molecule has 0 bridgehead atoms. The Balaban J connectivity index is 1.39. The van der Waals surface area contributed by atoms with Crippen molar-refractivity contribution in [3.63, 3.8) is 0 Å². The number of nitrogens with two attached hydrogens (primary N) is 1. The number of carbonyl (C=O) groups excluding carboxylic acids is 1. The number of nitrogens with one attached hydrogen (secondary N) is 1. The molecule has 1 amide bonds. The van der Waals surface area contributed by atoms with E-state index in [0.717, 1.165) is 31.5 Å². The van der Waals surface area contributed by atoms with Gasteiger partial charge in [-0.05, 0) is 48.9 Å². The highest BCUT2D eigenvalue weighted by Crippen LogP contribution is 2.32. The van der Waals surface area contributed by atoms with Gasteiger partial charge in [0.25, 0.3) is 5.91 Å². The summed E-state index contributed by atoms with van der Waals surface area (Å²) in [5, 5.41) is 7.08. The lowest BCUT2D eigenvalue weighted by atomic mass is 9.80. The summed E-state index contributed by atoms with van der Waals surface area (Å²) >= 11 is 0. The average Bonchev–Trinajstić information content (AvgIpc) is 3.41. The third kappa shape index (κ3) is 3.66. The van der Waals surface area contributed by atoms with Gasteiger partial charge < -0.3 is 15.1 Å². The Morgan fingerprint density at radius 1 is 1.26 bits per heavy atom. The number of aromatic amines is 1. The number of rotatable bonds is 5. The van der Waals surface area contributed by atoms with Crippen LogP contribution in [-0.4, -0.2) is 40.6 Å². The van der Waals surface area contributed by atoms with Crippen molar-refractivity contribution in [1.29, 1.82) is 0 Å². The number of likely N-dealkylation sites (tertiary alicyclic amines) is 1. The third-order valence-electron chi connectivity index (χ3n) is 5.50. The molecule has 1 aliphatic heterocycles. The van der Waals surface area contributed by atoms with Crippen LogP contribution >= 0.6 is 0 Å². The van der Waals surface area contributed by atoms with Crippen molar-refractivity contribution in [2.24, 2.45) is 11.7 Å². The fourth-order valence-electron chi connectivity index (χ4n) is 3.97. The summed E-state index contributed by atoms with van der Waals surface area (Å²) in [5.74, 6) is 0.854. The van der Waals surface area contributed by atoms with Crippen LogP contribution in [0, 0.1) is 5.92 Å². The zero-order chi connectivity index (χ0) is 18.6. The first-order valence-corrected chi connectivity index (χ1v) is 9.38. The lowest BCUT2D eigenvalue weighted by molar-refractivity contribution is 0.0673. The van der Waals surface area contributed by atoms with E-state index in [1.54, 1.807) is 18.6 Å². The number of nitrogens with zero attached hydrogens (tertiary/aromatic N) is 2. The highest BCUT2D eigenvalue weighted by Gasteiger charge is 2.29. The molecule has 4 rings (SSSR count). The maximum Gasteiger partial charge on any atom is 0.271 e. The topological polar surface area (TPSA) is 88.2 Å². The van der Waals surface area contributed by atoms with Gasteiger partial charge in [0.15, 0.2) is 0 Å². The van der Waals surface area contributed by atoms with E-state index in [1.165, 1.54) is 5.56 Å². The van der Waals surface area contributed by atoms with Gasteiger partial charge in [0.1, 0.15) is 5.69 Å². The van der Waals surface area contributed by atoms with Gasteiger partial charge in [-0.2, -0.15) is 5.10 Å². The maximum absolute atomic E-state index is 12.8.